The molecule has 0 aromatic heterocycles. The molecular weight excluding hydrogens is 480 g/mol. The maximum Gasteiger partial charge on any atom is 0.414 e. The Balaban J connectivity index is 1.80. The fraction of sp³-hybridized carbons (Fsp3) is 0.481. The van der Waals surface area contributed by atoms with Gasteiger partial charge >= 0.3 is 6.09 Å². The summed E-state index contributed by atoms with van der Waals surface area (Å²) >= 11 is 0. The van der Waals surface area contributed by atoms with Crippen LogP contribution in [-0.4, -0.2) is 57.7 Å². The van der Waals surface area contributed by atoms with Crippen LogP contribution in [0, 0.1) is 0 Å². The van der Waals surface area contributed by atoms with Gasteiger partial charge in [0, 0.05) is 19.7 Å². The van der Waals surface area contributed by atoms with Gasteiger partial charge in [-0.15, -0.1) is 0 Å². The van der Waals surface area contributed by atoms with Gasteiger partial charge in [0.15, 0.2) is 9.84 Å². The summed E-state index contributed by atoms with van der Waals surface area (Å²) in [7, 11) is -3.12. The summed E-state index contributed by atoms with van der Waals surface area (Å²) in [6.07, 6.45) is 9.03. The number of nitrogens with zero attached hydrogens (tertiary/aromatic N) is 2. The van der Waals surface area contributed by atoms with E-state index in [4.69, 9.17) is 9.47 Å². The van der Waals surface area contributed by atoms with Gasteiger partial charge in [0.25, 0.3) is 0 Å². The first kappa shape index (κ1) is 27.5. The Morgan fingerprint density at radius 2 is 1.81 bits per heavy atom. The zero-order valence-corrected chi connectivity index (χ0v) is 22.2. The summed E-state index contributed by atoms with van der Waals surface area (Å²) in [4.78, 5) is 28.9. The summed E-state index contributed by atoms with van der Waals surface area (Å²) in [5.74, 6) is 0.119. The summed E-state index contributed by atoms with van der Waals surface area (Å²) in [6.45, 7) is 11.7. The number of hydrogen-bond acceptors (Lipinski definition) is 6. The van der Waals surface area contributed by atoms with Crippen molar-refractivity contribution in [3.05, 3.63) is 54.8 Å². The van der Waals surface area contributed by atoms with Crippen molar-refractivity contribution in [1.82, 2.24) is 0 Å². The second kappa shape index (κ2) is 11.8. The first-order chi connectivity index (χ1) is 17.0. The number of hydrogen-bond donors (Lipinski definition) is 0. The van der Waals surface area contributed by atoms with Crippen molar-refractivity contribution in [3.63, 3.8) is 0 Å². The van der Waals surface area contributed by atoms with E-state index < -0.39 is 15.9 Å². The SMILES string of the molecule is C=C(/C=C\C(=C)c1ccc2c(c1)N(C(=O)OC1CCCCC1)CC(C)N2C(C)=O)OCCS(C)(=O)=O. The standard InChI is InChI=1S/C27H36N2O6S/c1-19(11-12-21(3)34-15-16-36(5,32)33)23-13-14-25-26(17-23)28(18-20(2)29(25)22(4)30)27(31)35-24-9-7-6-8-10-24/h11-14,17,20,24H,1,3,6-10,15-16,18H2,2,4-5H3/b12-11-. The van der Waals surface area contributed by atoms with E-state index in [0.717, 1.165) is 37.5 Å². The molecule has 9 heteroatoms. The Morgan fingerprint density at radius 3 is 2.44 bits per heavy atom. The summed E-state index contributed by atoms with van der Waals surface area (Å²) in [5, 5.41) is 0. The highest BCUT2D eigenvalue weighted by atomic mass is 32.2. The maximum absolute atomic E-state index is 13.2. The van der Waals surface area contributed by atoms with Crippen molar-refractivity contribution in [2.24, 2.45) is 0 Å². The fourth-order valence-corrected chi connectivity index (χ4v) is 4.91. The van der Waals surface area contributed by atoms with Gasteiger partial charge in [0.2, 0.25) is 5.91 Å². The van der Waals surface area contributed by atoms with Gasteiger partial charge in [-0.1, -0.05) is 31.7 Å². The van der Waals surface area contributed by atoms with Crippen molar-refractivity contribution in [1.29, 1.82) is 0 Å². The predicted octanol–water partition coefficient (Wildman–Crippen LogP) is 4.86. The van der Waals surface area contributed by atoms with Gasteiger partial charge in [-0.05, 0) is 62.0 Å². The molecule has 1 fully saturated rings. The molecule has 196 valence electrons. The molecule has 1 aromatic carbocycles. The first-order valence-electron chi connectivity index (χ1n) is 12.2. The van der Waals surface area contributed by atoms with Gasteiger partial charge in [-0.2, -0.15) is 0 Å². The van der Waals surface area contributed by atoms with Crippen molar-refractivity contribution in [2.45, 2.75) is 58.1 Å². The van der Waals surface area contributed by atoms with Gasteiger partial charge in [0.05, 0.1) is 23.2 Å². The molecule has 1 aromatic rings. The minimum Gasteiger partial charge on any atom is -0.493 e. The number of fused-ring (bicyclic) bond motifs is 1. The van der Waals surface area contributed by atoms with Crippen LogP contribution in [0.15, 0.2) is 49.3 Å². The van der Waals surface area contributed by atoms with Crippen molar-refractivity contribution in [2.75, 3.05) is 35.0 Å². The van der Waals surface area contributed by atoms with Crippen LogP contribution >= 0.6 is 0 Å². The lowest BCUT2D eigenvalue weighted by Crippen LogP contribution is -2.52. The average molecular weight is 517 g/mol. The highest BCUT2D eigenvalue weighted by Gasteiger charge is 2.35. The zero-order valence-electron chi connectivity index (χ0n) is 21.4. The largest absolute Gasteiger partial charge is 0.493 e. The summed E-state index contributed by atoms with van der Waals surface area (Å²) in [6, 6.07) is 5.30. The van der Waals surface area contributed by atoms with Crippen LogP contribution in [0.4, 0.5) is 16.2 Å². The van der Waals surface area contributed by atoms with Gasteiger partial charge in [0.1, 0.15) is 18.5 Å². The molecule has 1 saturated carbocycles. The molecule has 1 aliphatic heterocycles. The fourth-order valence-electron chi connectivity index (χ4n) is 4.53. The molecular formula is C27H36N2O6S. The third kappa shape index (κ3) is 7.22. The molecule has 2 amide bonds. The summed E-state index contributed by atoms with van der Waals surface area (Å²) < 4.78 is 33.7. The highest BCUT2D eigenvalue weighted by molar-refractivity contribution is 7.90. The van der Waals surface area contributed by atoms with E-state index in [1.165, 1.54) is 13.3 Å². The molecule has 0 N–H and O–H groups in total. The third-order valence-corrected chi connectivity index (χ3v) is 7.28. The summed E-state index contributed by atoms with van der Waals surface area (Å²) in [5.41, 5.74) is 2.64. The molecule has 3 rings (SSSR count). The van der Waals surface area contributed by atoms with E-state index in [0.29, 0.717) is 29.3 Å². The van der Waals surface area contributed by atoms with E-state index in [2.05, 4.69) is 13.2 Å². The third-order valence-electron chi connectivity index (χ3n) is 6.38. The normalized spacial score (nSPS) is 18.6. The number of ether oxygens (including phenoxy) is 2. The van der Waals surface area contributed by atoms with Crippen molar-refractivity contribution in [3.8, 4) is 0 Å². The van der Waals surface area contributed by atoms with Crippen LogP contribution in [0.5, 0.6) is 0 Å². The minimum atomic E-state index is -3.12. The number of allylic oxidation sites excluding steroid dienone is 3. The Bertz CT molecular complexity index is 1150. The van der Waals surface area contributed by atoms with Crippen molar-refractivity contribution >= 4 is 38.8 Å². The lowest BCUT2D eigenvalue weighted by atomic mass is 9.98. The lowest BCUT2D eigenvalue weighted by Gasteiger charge is -2.41. The Morgan fingerprint density at radius 1 is 1.11 bits per heavy atom. The molecule has 2 aliphatic rings. The Kier molecular flexibility index (Phi) is 9.00. The van der Waals surface area contributed by atoms with Crippen LogP contribution < -0.4 is 9.80 Å². The number of amides is 2. The second-order valence-electron chi connectivity index (χ2n) is 9.50. The molecule has 1 unspecified atom stereocenters. The van der Waals surface area contributed by atoms with Crippen LogP contribution in [0.3, 0.4) is 0 Å². The minimum absolute atomic E-state index is 0.0183. The van der Waals surface area contributed by atoms with Crippen LogP contribution in [0.1, 0.15) is 51.5 Å². The van der Waals surface area contributed by atoms with Crippen molar-refractivity contribution < 1.29 is 27.5 Å². The Hall–Kier alpha value is -3.07. The molecule has 36 heavy (non-hydrogen) atoms. The smallest absolute Gasteiger partial charge is 0.414 e. The molecule has 1 heterocycles. The van der Waals surface area contributed by atoms with E-state index in [1.54, 1.807) is 22.0 Å². The number of sulfone groups is 1. The van der Waals surface area contributed by atoms with E-state index in [1.807, 2.05) is 25.1 Å². The number of carbonyl (C=O) groups is 2. The quantitative estimate of drug-likeness (QED) is 0.362. The number of carbonyl (C=O) groups excluding carboxylic acids is 2. The monoisotopic (exact) mass is 516 g/mol. The first-order valence-corrected chi connectivity index (χ1v) is 14.3. The van der Waals surface area contributed by atoms with Crippen LogP contribution in [0.25, 0.3) is 5.57 Å². The molecule has 1 atom stereocenters. The van der Waals surface area contributed by atoms with Gasteiger partial charge in [-0.25, -0.2) is 13.2 Å². The highest BCUT2D eigenvalue weighted by Crippen LogP contribution is 2.38. The molecule has 0 spiro atoms. The lowest BCUT2D eigenvalue weighted by molar-refractivity contribution is -0.117. The zero-order chi connectivity index (χ0) is 26.5. The number of benzene rings is 1. The molecule has 8 nitrogen and oxygen atoms in total. The van der Waals surface area contributed by atoms with Gasteiger partial charge in [-0.3, -0.25) is 9.69 Å². The van der Waals surface area contributed by atoms with Gasteiger partial charge < -0.3 is 14.4 Å². The predicted molar refractivity (Wildman–Crippen MR) is 143 cm³/mol. The van der Waals surface area contributed by atoms with E-state index in [-0.39, 0.29) is 30.4 Å². The average Bonchev–Trinajstić information content (AvgIpc) is 2.81. The maximum atomic E-state index is 13.2. The topological polar surface area (TPSA) is 93.2 Å². The molecule has 0 radical (unpaired) electrons. The van der Waals surface area contributed by atoms with Crippen LogP contribution in [-0.2, 0) is 24.1 Å². The Labute approximate surface area is 214 Å². The second-order valence-corrected chi connectivity index (χ2v) is 11.8. The van der Waals surface area contributed by atoms with E-state index >= 15 is 0 Å². The number of anilines is 2. The molecule has 0 saturated heterocycles. The van der Waals surface area contributed by atoms with E-state index in [9.17, 15) is 18.0 Å². The van der Waals surface area contributed by atoms with Crippen LogP contribution in [0.2, 0.25) is 0 Å². The number of rotatable bonds is 8. The molecule has 0 bridgehead atoms. The molecule has 1 aliphatic carbocycles.